The van der Waals surface area contributed by atoms with Crippen LogP contribution < -0.4 is 0 Å². The zero-order valence-corrected chi connectivity index (χ0v) is 20.4. The van der Waals surface area contributed by atoms with Crippen molar-refractivity contribution in [3.05, 3.63) is 119 Å². The molecule has 5 aromatic rings. The number of hydrogen-bond acceptors (Lipinski definition) is 2. The smallest absolute Gasteiger partial charge is 0.0738 e. The predicted molar refractivity (Wildman–Crippen MR) is 158 cm³/mol. The fourth-order valence-electron chi connectivity index (χ4n) is 5.01. The highest BCUT2D eigenvalue weighted by molar-refractivity contribution is 5.94. The molecule has 5 heterocycles. The second-order valence-electron chi connectivity index (χ2n) is 9.29. The highest BCUT2D eigenvalue weighted by Crippen LogP contribution is 2.34. The number of aromatic nitrogens is 4. The highest BCUT2D eigenvalue weighted by Gasteiger charge is 2.16. The van der Waals surface area contributed by atoms with Gasteiger partial charge in [-0.1, -0.05) is 48.4 Å². The van der Waals surface area contributed by atoms with Crippen LogP contribution in [0.15, 0.2) is 91.0 Å². The van der Waals surface area contributed by atoms with Crippen molar-refractivity contribution in [2.24, 2.45) is 0 Å². The van der Waals surface area contributed by atoms with Crippen LogP contribution in [0.4, 0.5) is 0 Å². The van der Waals surface area contributed by atoms with Crippen LogP contribution in [0.5, 0.6) is 0 Å². The van der Waals surface area contributed by atoms with Gasteiger partial charge in [-0.15, -0.1) is 6.42 Å². The first kappa shape index (κ1) is 21.8. The van der Waals surface area contributed by atoms with Crippen molar-refractivity contribution in [1.82, 2.24) is 19.9 Å². The third-order valence-electron chi connectivity index (χ3n) is 6.80. The van der Waals surface area contributed by atoms with Gasteiger partial charge < -0.3 is 9.97 Å². The van der Waals surface area contributed by atoms with Crippen LogP contribution in [0.3, 0.4) is 0 Å². The van der Waals surface area contributed by atoms with E-state index in [1.807, 2.05) is 36.4 Å². The summed E-state index contributed by atoms with van der Waals surface area (Å²) in [5.74, 6) is 2.71. The lowest BCUT2D eigenvalue weighted by molar-refractivity contribution is 1.28. The van der Waals surface area contributed by atoms with Gasteiger partial charge in [-0.05, 0) is 84.0 Å². The van der Waals surface area contributed by atoms with Gasteiger partial charge in [0, 0.05) is 38.8 Å². The van der Waals surface area contributed by atoms with Crippen LogP contribution >= 0.6 is 0 Å². The summed E-state index contributed by atoms with van der Waals surface area (Å²) in [6.07, 6.45) is 13.9. The molecular formula is C34H22N4. The number of benzene rings is 2. The first-order valence-electron chi connectivity index (χ1n) is 12.5. The predicted octanol–water partition coefficient (Wildman–Crippen LogP) is 7.97. The van der Waals surface area contributed by atoms with E-state index in [0.717, 1.165) is 72.7 Å². The molecule has 0 unspecified atom stereocenters. The van der Waals surface area contributed by atoms with E-state index in [9.17, 15) is 0 Å². The monoisotopic (exact) mass is 486 g/mol. The van der Waals surface area contributed by atoms with Crippen molar-refractivity contribution in [2.45, 2.75) is 0 Å². The molecule has 3 aromatic heterocycles. The summed E-state index contributed by atoms with van der Waals surface area (Å²) in [5, 5.41) is 0. The molecule has 2 aliphatic heterocycles. The summed E-state index contributed by atoms with van der Waals surface area (Å²) in [5.41, 5.74) is 12.5. The van der Waals surface area contributed by atoms with Crippen molar-refractivity contribution < 1.29 is 0 Å². The lowest BCUT2D eigenvalue weighted by Crippen LogP contribution is -1.90. The molecule has 0 saturated carbocycles. The van der Waals surface area contributed by atoms with Crippen molar-refractivity contribution >= 4 is 46.4 Å². The van der Waals surface area contributed by atoms with Crippen molar-refractivity contribution in [3.8, 4) is 34.6 Å². The quantitative estimate of drug-likeness (QED) is 0.244. The Bertz CT molecular complexity index is 1960. The highest BCUT2D eigenvalue weighted by atomic mass is 14.8. The fourth-order valence-corrected chi connectivity index (χ4v) is 5.01. The average molecular weight is 487 g/mol. The third-order valence-corrected chi connectivity index (χ3v) is 6.80. The molecule has 4 heteroatoms. The molecule has 0 amide bonds. The van der Waals surface area contributed by atoms with Gasteiger partial charge in [0.2, 0.25) is 0 Å². The Balaban J connectivity index is 1.62. The Hall–Kier alpha value is -5.40. The summed E-state index contributed by atoms with van der Waals surface area (Å²) in [4.78, 5) is 17.2. The van der Waals surface area contributed by atoms with Crippen LogP contribution in [-0.2, 0) is 0 Å². The van der Waals surface area contributed by atoms with Crippen molar-refractivity contribution in [1.29, 1.82) is 0 Å². The Morgan fingerprint density at radius 2 is 1.18 bits per heavy atom. The van der Waals surface area contributed by atoms with E-state index < -0.39 is 0 Å². The fraction of sp³-hybridized carbons (Fsp3) is 0. The minimum absolute atomic E-state index is 0.838. The lowest BCUT2D eigenvalue weighted by Gasteiger charge is -2.06. The molecule has 7 rings (SSSR count). The Morgan fingerprint density at radius 3 is 1.97 bits per heavy atom. The molecule has 178 valence electrons. The van der Waals surface area contributed by atoms with Gasteiger partial charge >= 0.3 is 0 Å². The number of hydrogen-bond donors (Lipinski definition) is 2. The average Bonchev–Trinajstić information content (AvgIpc) is 3.76. The molecule has 0 saturated heterocycles. The zero-order chi connectivity index (χ0) is 25.5. The van der Waals surface area contributed by atoms with Gasteiger partial charge in [-0.25, -0.2) is 9.97 Å². The minimum atomic E-state index is 0.838. The van der Waals surface area contributed by atoms with Crippen LogP contribution in [0.1, 0.15) is 28.3 Å². The standard InChI is InChI=1S/C34H22N4/c1-2-22-8-10-24(11-9-22)34-30-17-15-28(37-30)21-26-13-12-25(35-26)20-27-14-16-29(36-27)33(23-6-4-3-5-7-23)31-18-19-32(34)38-31/h1,3-21,35-36H. The van der Waals surface area contributed by atoms with E-state index in [2.05, 4.69) is 94.8 Å². The van der Waals surface area contributed by atoms with Gasteiger partial charge in [0.15, 0.2) is 0 Å². The lowest BCUT2D eigenvalue weighted by atomic mass is 10.0. The maximum Gasteiger partial charge on any atom is 0.0738 e. The molecule has 0 aliphatic carbocycles. The largest absolute Gasteiger partial charge is 0.355 e. The number of rotatable bonds is 2. The van der Waals surface area contributed by atoms with Gasteiger partial charge in [-0.2, -0.15) is 0 Å². The third kappa shape index (κ3) is 3.93. The van der Waals surface area contributed by atoms with E-state index in [1.165, 1.54) is 0 Å². The normalized spacial score (nSPS) is 12.0. The minimum Gasteiger partial charge on any atom is -0.355 e. The summed E-state index contributed by atoms with van der Waals surface area (Å²) >= 11 is 0. The first-order valence-corrected chi connectivity index (χ1v) is 12.5. The van der Waals surface area contributed by atoms with Crippen molar-refractivity contribution in [2.75, 3.05) is 0 Å². The Kier molecular flexibility index (Phi) is 5.13. The summed E-state index contributed by atoms with van der Waals surface area (Å²) in [7, 11) is 0. The van der Waals surface area contributed by atoms with E-state index in [-0.39, 0.29) is 0 Å². The number of nitrogens with one attached hydrogen (secondary N) is 2. The van der Waals surface area contributed by atoms with Crippen LogP contribution in [0.25, 0.3) is 68.6 Å². The topological polar surface area (TPSA) is 57.4 Å². The molecule has 0 radical (unpaired) electrons. The van der Waals surface area contributed by atoms with Gasteiger partial charge in [0.25, 0.3) is 0 Å². The van der Waals surface area contributed by atoms with Gasteiger partial charge in [0.05, 0.1) is 22.8 Å². The number of aromatic amines is 2. The number of terminal acetylenes is 1. The second-order valence-corrected chi connectivity index (χ2v) is 9.29. The van der Waals surface area contributed by atoms with Crippen LogP contribution in [-0.4, -0.2) is 19.9 Å². The Labute approximate surface area is 220 Å². The van der Waals surface area contributed by atoms with Gasteiger partial charge in [0.1, 0.15) is 0 Å². The summed E-state index contributed by atoms with van der Waals surface area (Å²) in [6.45, 7) is 0. The maximum atomic E-state index is 5.62. The molecule has 2 N–H and O–H groups in total. The maximum absolute atomic E-state index is 5.62. The van der Waals surface area contributed by atoms with E-state index >= 15 is 0 Å². The van der Waals surface area contributed by atoms with E-state index in [4.69, 9.17) is 16.4 Å². The molecule has 0 spiro atoms. The molecule has 0 atom stereocenters. The Morgan fingerprint density at radius 1 is 0.553 bits per heavy atom. The number of fused-ring (bicyclic) bond motifs is 8. The van der Waals surface area contributed by atoms with E-state index in [1.54, 1.807) is 0 Å². The number of nitrogens with zero attached hydrogens (tertiary/aromatic N) is 2. The molecular weight excluding hydrogens is 464 g/mol. The molecule has 2 aromatic carbocycles. The van der Waals surface area contributed by atoms with Gasteiger partial charge in [-0.3, -0.25) is 0 Å². The molecule has 8 bridgehead atoms. The van der Waals surface area contributed by atoms with Crippen LogP contribution in [0, 0.1) is 12.3 Å². The molecule has 0 fully saturated rings. The summed E-state index contributed by atoms with van der Waals surface area (Å²) in [6, 6.07) is 30.9. The SMILES string of the molecule is C#Cc1ccc(-c2c3nc(cc4ccc(cc5ccc([nH]5)c(-c5ccccc5)c5nc2C=C5)[nH]4)C=C3)cc1. The second kappa shape index (κ2) is 8.92. The van der Waals surface area contributed by atoms with Crippen molar-refractivity contribution in [3.63, 3.8) is 0 Å². The first-order chi connectivity index (χ1) is 18.7. The zero-order valence-electron chi connectivity index (χ0n) is 20.4. The van der Waals surface area contributed by atoms with E-state index in [0.29, 0.717) is 0 Å². The van der Waals surface area contributed by atoms with Crippen LogP contribution in [0.2, 0.25) is 0 Å². The number of H-pyrrole nitrogens is 2. The molecule has 4 nitrogen and oxygen atoms in total. The molecule has 38 heavy (non-hydrogen) atoms. The molecule has 2 aliphatic rings. The summed E-state index contributed by atoms with van der Waals surface area (Å²) < 4.78 is 0.